The van der Waals surface area contributed by atoms with Gasteiger partial charge in [0.2, 0.25) is 6.29 Å². The largest absolute Gasteiger partial charge is 0.358 e. The summed E-state index contributed by atoms with van der Waals surface area (Å²) in [7, 11) is 1.90. The van der Waals surface area contributed by atoms with Crippen LogP contribution in [0.5, 0.6) is 0 Å². The van der Waals surface area contributed by atoms with Gasteiger partial charge in [0.1, 0.15) is 11.7 Å². The number of pyridine rings is 1. The SMILES string of the molecule is C=C(C)c1cnn2c1N=C(c1cncc(F)c1)N(C)C2N=CC1CCc2[nH]c3ccccc3c2C1. The average Bonchev–Trinajstić information content (AvgIpc) is 3.44. The summed E-state index contributed by atoms with van der Waals surface area (Å²) in [6, 6.07) is 9.91. The van der Waals surface area contributed by atoms with Crippen molar-refractivity contribution in [1.29, 1.82) is 0 Å². The van der Waals surface area contributed by atoms with Crippen LogP contribution in [0, 0.1) is 11.7 Å². The van der Waals surface area contributed by atoms with E-state index in [1.54, 1.807) is 17.1 Å². The summed E-state index contributed by atoms with van der Waals surface area (Å²) < 4.78 is 15.8. The summed E-state index contributed by atoms with van der Waals surface area (Å²) in [6.07, 6.45) is 9.15. The number of hydrogen-bond donors (Lipinski definition) is 1. The molecule has 0 spiro atoms. The highest BCUT2D eigenvalue weighted by Crippen LogP contribution is 2.36. The highest BCUT2D eigenvalue weighted by atomic mass is 19.1. The molecule has 7 nitrogen and oxygen atoms in total. The monoisotopic (exact) mass is 467 g/mol. The first-order valence-corrected chi connectivity index (χ1v) is 11.8. The van der Waals surface area contributed by atoms with Crippen molar-refractivity contribution in [3.63, 3.8) is 0 Å². The molecule has 3 aromatic heterocycles. The van der Waals surface area contributed by atoms with Gasteiger partial charge in [0.25, 0.3) is 0 Å². The molecule has 1 N–H and O–H groups in total. The van der Waals surface area contributed by atoms with Crippen LogP contribution < -0.4 is 0 Å². The van der Waals surface area contributed by atoms with Crippen molar-refractivity contribution in [2.24, 2.45) is 15.9 Å². The number of hydrogen-bond acceptors (Lipinski definition) is 5. The zero-order valence-electron chi connectivity index (χ0n) is 19.7. The van der Waals surface area contributed by atoms with Crippen LogP contribution in [-0.4, -0.2) is 43.7 Å². The Morgan fingerprint density at radius 1 is 1.26 bits per heavy atom. The van der Waals surface area contributed by atoms with E-state index in [1.807, 2.05) is 18.9 Å². The minimum atomic E-state index is -0.446. The summed E-state index contributed by atoms with van der Waals surface area (Å²) in [5.74, 6) is 1.17. The summed E-state index contributed by atoms with van der Waals surface area (Å²) >= 11 is 0. The molecule has 1 aromatic carbocycles. The number of H-pyrrole nitrogens is 1. The molecule has 6 rings (SSSR count). The zero-order chi connectivity index (χ0) is 24.1. The smallest absolute Gasteiger partial charge is 0.220 e. The zero-order valence-corrected chi connectivity index (χ0v) is 19.7. The van der Waals surface area contributed by atoms with E-state index in [0.717, 1.165) is 30.4 Å². The summed E-state index contributed by atoms with van der Waals surface area (Å²) in [6.45, 7) is 6.00. The second-order valence-electron chi connectivity index (χ2n) is 9.32. The van der Waals surface area contributed by atoms with E-state index >= 15 is 0 Å². The summed E-state index contributed by atoms with van der Waals surface area (Å²) in [5, 5.41) is 5.88. The Labute approximate surface area is 202 Å². The van der Waals surface area contributed by atoms with Crippen molar-refractivity contribution >= 4 is 34.3 Å². The molecule has 176 valence electrons. The van der Waals surface area contributed by atoms with Gasteiger partial charge in [-0.3, -0.25) is 9.98 Å². The van der Waals surface area contributed by atoms with Crippen molar-refractivity contribution in [3.05, 3.63) is 83.7 Å². The van der Waals surface area contributed by atoms with Crippen molar-refractivity contribution < 1.29 is 4.39 Å². The van der Waals surface area contributed by atoms with Crippen LogP contribution >= 0.6 is 0 Å². The van der Waals surface area contributed by atoms with Gasteiger partial charge in [-0.2, -0.15) is 5.10 Å². The molecule has 2 atom stereocenters. The van der Waals surface area contributed by atoms with Gasteiger partial charge in [0.05, 0.1) is 12.4 Å². The highest BCUT2D eigenvalue weighted by molar-refractivity contribution is 6.01. The van der Waals surface area contributed by atoms with Gasteiger partial charge in [-0.25, -0.2) is 14.1 Å². The van der Waals surface area contributed by atoms with Gasteiger partial charge in [0.15, 0.2) is 5.82 Å². The lowest BCUT2D eigenvalue weighted by molar-refractivity contribution is 0.258. The van der Waals surface area contributed by atoms with Gasteiger partial charge in [-0.15, -0.1) is 0 Å². The Balaban J connectivity index is 1.35. The molecule has 2 aliphatic rings. The van der Waals surface area contributed by atoms with E-state index in [1.165, 1.54) is 34.4 Å². The first-order valence-electron chi connectivity index (χ1n) is 11.8. The standard InChI is InChI=1S/C27H26FN7/c1-16(2)22-15-31-35-26(22)33-25(18-11-19(28)14-29-13-18)34(3)27(35)30-12-17-8-9-24-21(10-17)20-6-4-5-7-23(20)32-24/h4-7,11-15,17,27,32H,1,8-10H2,2-3H3. The number of allylic oxidation sites excluding steroid dienone is 1. The number of aryl methyl sites for hydroxylation is 1. The maximum atomic E-state index is 14.0. The third-order valence-corrected chi connectivity index (χ3v) is 6.87. The van der Waals surface area contributed by atoms with Crippen LogP contribution in [0.1, 0.15) is 42.0 Å². The lowest BCUT2D eigenvalue weighted by atomic mass is 9.87. The minimum Gasteiger partial charge on any atom is -0.358 e. The van der Waals surface area contributed by atoms with E-state index in [2.05, 4.69) is 52.1 Å². The van der Waals surface area contributed by atoms with E-state index in [0.29, 0.717) is 23.1 Å². The van der Waals surface area contributed by atoms with Crippen molar-refractivity contribution in [3.8, 4) is 0 Å². The maximum absolute atomic E-state index is 14.0. The predicted octanol–water partition coefficient (Wildman–Crippen LogP) is 5.29. The average molecular weight is 468 g/mol. The predicted molar refractivity (Wildman–Crippen MR) is 136 cm³/mol. The number of aromatic amines is 1. The van der Waals surface area contributed by atoms with E-state index in [9.17, 15) is 4.39 Å². The number of fused-ring (bicyclic) bond motifs is 4. The quantitative estimate of drug-likeness (QED) is 0.415. The Morgan fingerprint density at radius 3 is 2.94 bits per heavy atom. The molecule has 0 radical (unpaired) electrons. The second kappa shape index (κ2) is 8.30. The van der Waals surface area contributed by atoms with Gasteiger partial charge in [0, 0.05) is 47.2 Å². The molecule has 1 aliphatic heterocycles. The molecule has 35 heavy (non-hydrogen) atoms. The first kappa shape index (κ1) is 21.5. The third-order valence-electron chi connectivity index (χ3n) is 6.87. The number of rotatable bonds is 4. The van der Waals surface area contributed by atoms with E-state index < -0.39 is 12.1 Å². The van der Waals surface area contributed by atoms with E-state index in [-0.39, 0.29) is 0 Å². The Kier molecular flexibility index (Phi) is 5.09. The normalized spacial score (nSPS) is 19.6. The number of halogens is 1. The molecule has 0 amide bonds. The molecule has 4 aromatic rings. The number of aromatic nitrogens is 4. The molecular weight excluding hydrogens is 441 g/mol. The van der Waals surface area contributed by atoms with Crippen LogP contribution in [-0.2, 0) is 12.8 Å². The Morgan fingerprint density at radius 2 is 2.11 bits per heavy atom. The fraction of sp³-hybridized carbons (Fsp3) is 0.259. The highest BCUT2D eigenvalue weighted by Gasteiger charge is 2.31. The fourth-order valence-electron chi connectivity index (χ4n) is 5.08. The maximum Gasteiger partial charge on any atom is 0.220 e. The first-order chi connectivity index (χ1) is 17.0. The van der Waals surface area contributed by atoms with Crippen molar-refractivity contribution in [1.82, 2.24) is 24.6 Å². The number of nitrogens with one attached hydrogen (secondary N) is 1. The lowest BCUT2D eigenvalue weighted by Crippen LogP contribution is -2.38. The van der Waals surface area contributed by atoms with Gasteiger partial charge >= 0.3 is 0 Å². The molecule has 0 saturated heterocycles. The number of aliphatic imine (C=N–C) groups is 2. The van der Waals surface area contributed by atoms with Crippen LogP contribution in [0.15, 0.2) is 65.5 Å². The Hall–Kier alpha value is -4.07. The molecule has 2 unspecified atom stereocenters. The van der Waals surface area contributed by atoms with Crippen molar-refractivity contribution in [2.75, 3.05) is 7.05 Å². The molecule has 1 aliphatic carbocycles. The minimum absolute atomic E-state index is 0.313. The van der Waals surface area contributed by atoms with Gasteiger partial charge in [-0.1, -0.05) is 24.8 Å². The number of amidine groups is 1. The molecule has 0 bridgehead atoms. The molecule has 4 heterocycles. The number of benzene rings is 1. The van der Waals surface area contributed by atoms with Crippen LogP contribution in [0.4, 0.5) is 10.2 Å². The summed E-state index contributed by atoms with van der Waals surface area (Å²) in [5.41, 5.74) is 6.21. The summed E-state index contributed by atoms with van der Waals surface area (Å²) in [4.78, 5) is 19.3. The van der Waals surface area contributed by atoms with Gasteiger partial charge < -0.3 is 9.88 Å². The molecule has 0 saturated carbocycles. The molecule has 8 heteroatoms. The fourth-order valence-corrected chi connectivity index (χ4v) is 5.08. The van der Waals surface area contributed by atoms with Crippen LogP contribution in [0.25, 0.3) is 16.5 Å². The molecule has 0 fully saturated rings. The molecular formula is C27H26FN7. The van der Waals surface area contributed by atoms with Crippen LogP contribution in [0.3, 0.4) is 0 Å². The number of nitrogens with zero attached hydrogens (tertiary/aromatic N) is 6. The van der Waals surface area contributed by atoms with Crippen LogP contribution in [0.2, 0.25) is 0 Å². The second-order valence-corrected chi connectivity index (χ2v) is 9.32. The lowest BCUT2D eigenvalue weighted by Gasteiger charge is -2.33. The number of para-hydroxylation sites is 1. The Bertz CT molecular complexity index is 1510. The topological polar surface area (TPSA) is 74.5 Å². The van der Waals surface area contributed by atoms with E-state index in [4.69, 9.17) is 9.98 Å². The van der Waals surface area contributed by atoms with Crippen molar-refractivity contribution in [2.45, 2.75) is 32.5 Å². The van der Waals surface area contributed by atoms with Gasteiger partial charge in [-0.05, 0) is 55.4 Å². The third kappa shape index (κ3) is 3.65.